The lowest BCUT2D eigenvalue weighted by Crippen LogP contribution is -2.41. The second-order valence-corrected chi connectivity index (χ2v) is 5.34. The molecule has 1 N–H and O–H groups in total. The minimum atomic E-state index is -0.332. The summed E-state index contributed by atoms with van der Waals surface area (Å²) in [7, 11) is 0. The van der Waals surface area contributed by atoms with Gasteiger partial charge in [-0.3, -0.25) is 0 Å². The van der Waals surface area contributed by atoms with E-state index in [0.717, 1.165) is 18.8 Å². The third-order valence-corrected chi connectivity index (χ3v) is 3.96. The lowest BCUT2D eigenvalue weighted by molar-refractivity contribution is -0.0606. The van der Waals surface area contributed by atoms with Crippen LogP contribution in [-0.4, -0.2) is 10.7 Å². The van der Waals surface area contributed by atoms with Crippen molar-refractivity contribution in [3.05, 3.63) is 0 Å². The summed E-state index contributed by atoms with van der Waals surface area (Å²) < 4.78 is 0. The minimum absolute atomic E-state index is 0.332. The van der Waals surface area contributed by atoms with Gasteiger partial charge < -0.3 is 5.11 Å². The molecular weight excluding hydrogens is 172 g/mol. The van der Waals surface area contributed by atoms with Gasteiger partial charge in [0.25, 0.3) is 0 Å². The van der Waals surface area contributed by atoms with Crippen LogP contribution in [0.1, 0.15) is 65.7 Å². The van der Waals surface area contributed by atoms with Crippen molar-refractivity contribution >= 4 is 0 Å². The molecular formula is C13H26O. The number of aliphatic hydroxyl groups is 1. The second kappa shape index (κ2) is 5.16. The van der Waals surface area contributed by atoms with Gasteiger partial charge >= 0.3 is 0 Å². The fourth-order valence-corrected chi connectivity index (χ4v) is 2.74. The minimum Gasteiger partial charge on any atom is -0.390 e. The standard InChI is InChI=1S/C13H26O/c1-4-5-6-8-13(14)9-7-11(2)10-12(13)3/h11-12,14H,4-10H2,1-3H3. The molecule has 1 fully saturated rings. The van der Waals surface area contributed by atoms with Crippen LogP contribution in [0, 0.1) is 11.8 Å². The highest BCUT2D eigenvalue weighted by molar-refractivity contribution is 4.89. The maximum atomic E-state index is 10.5. The molecule has 0 radical (unpaired) electrons. The van der Waals surface area contributed by atoms with E-state index in [9.17, 15) is 5.11 Å². The van der Waals surface area contributed by atoms with Gasteiger partial charge in [-0.2, -0.15) is 0 Å². The molecule has 0 aromatic heterocycles. The summed E-state index contributed by atoms with van der Waals surface area (Å²) in [5.41, 5.74) is -0.332. The van der Waals surface area contributed by atoms with Crippen LogP contribution >= 0.6 is 0 Å². The highest BCUT2D eigenvalue weighted by Crippen LogP contribution is 2.39. The molecule has 3 unspecified atom stereocenters. The van der Waals surface area contributed by atoms with E-state index < -0.39 is 0 Å². The smallest absolute Gasteiger partial charge is 0.0673 e. The van der Waals surface area contributed by atoms with Crippen LogP contribution < -0.4 is 0 Å². The van der Waals surface area contributed by atoms with Gasteiger partial charge in [0.05, 0.1) is 5.60 Å². The van der Waals surface area contributed by atoms with Gasteiger partial charge in [0.1, 0.15) is 0 Å². The van der Waals surface area contributed by atoms with E-state index in [4.69, 9.17) is 0 Å². The van der Waals surface area contributed by atoms with Gasteiger partial charge in [0.2, 0.25) is 0 Å². The Balaban J connectivity index is 2.38. The first-order valence-corrected chi connectivity index (χ1v) is 6.31. The van der Waals surface area contributed by atoms with E-state index in [-0.39, 0.29) is 5.60 Å². The predicted octanol–water partition coefficient (Wildman–Crippen LogP) is 3.75. The Morgan fingerprint density at radius 3 is 2.57 bits per heavy atom. The number of unbranched alkanes of at least 4 members (excludes halogenated alkanes) is 2. The van der Waals surface area contributed by atoms with E-state index in [0.29, 0.717) is 5.92 Å². The van der Waals surface area contributed by atoms with Gasteiger partial charge in [-0.15, -0.1) is 0 Å². The molecule has 1 saturated carbocycles. The van der Waals surface area contributed by atoms with Crippen molar-refractivity contribution in [3.63, 3.8) is 0 Å². The lowest BCUT2D eigenvalue weighted by Gasteiger charge is -2.41. The average molecular weight is 198 g/mol. The zero-order chi connectivity index (χ0) is 10.6. The summed E-state index contributed by atoms with van der Waals surface area (Å²) >= 11 is 0. The van der Waals surface area contributed by atoms with Crippen molar-refractivity contribution in [1.82, 2.24) is 0 Å². The maximum absolute atomic E-state index is 10.5. The molecule has 0 spiro atoms. The third-order valence-electron chi connectivity index (χ3n) is 3.96. The molecule has 1 aliphatic carbocycles. The molecule has 1 heteroatoms. The highest BCUT2D eigenvalue weighted by Gasteiger charge is 2.37. The van der Waals surface area contributed by atoms with Crippen molar-refractivity contribution < 1.29 is 5.11 Å². The lowest BCUT2D eigenvalue weighted by atomic mass is 9.70. The Hall–Kier alpha value is -0.0400. The molecule has 0 bridgehead atoms. The topological polar surface area (TPSA) is 20.2 Å². The molecule has 1 aliphatic rings. The van der Waals surface area contributed by atoms with Crippen LogP contribution in [0.25, 0.3) is 0 Å². The van der Waals surface area contributed by atoms with Crippen molar-refractivity contribution in [2.45, 2.75) is 71.3 Å². The number of rotatable bonds is 4. The first-order chi connectivity index (χ1) is 6.58. The first kappa shape index (κ1) is 12.0. The number of hydrogen-bond acceptors (Lipinski definition) is 1. The van der Waals surface area contributed by atoms with Crippen LogP contribution in [-0.2, 0) is 0 Å². The summed E-state index contributed by atoms with van der Waals surface area (Å²) in [6.07, 6.45) is 8.19. The third kappa shape index (κ3) is 2.98. The van der Waals surface area contributed by atoms with E-state index in [2.05, 4.69) is 20.8 Å². The molecule has 3 atom stereocenters. The molecule has 1 nitrogen and oxygen atoms in total. The molecule has 14 heavy (non-hydrogen) atoms. The van der Waals surface area contributed by atoms with Gasteiger partial charge in [0, 0.05) is 0 Å². The van der Waals surface area contributed by atoms with Crippen LogP contribution in [0.4, 0.5) is 0 Å². The summed E-state index contributed by atoms with van der Waals surface area (Å²) in [4.78, 5) is 0. The van der Waals surface area contributed by atoms with E-state index >= 15 is 0 Å². The molecule has 84 valence electrons. The SMILES string of the molecule is CCCCCC1(O)CCC(C)CC1C. The summed E-state index contributed by atoms with van der Waals surface area (Å²) in [6, 6.07) is 0. The Bertz CT molecular complexity index is 167. The molecule has 0 aromatic carbocycles. The molecule has 1 rings (SSSR count). The predicted molar refractivity (Wildman–Crippen MR) is 61.3 cm³/mol. The van der Waals surface area contributed by atoms with Crippen molar-refractivity contribution in [1.29, 1.82) is 0 Å². The zero-order valence-corrected chi connectivity index (χ0v) is 10.1. The molecule has 0 aliphatic heterocycles. The molecule has 0 aromatic rings. The zero-order valence-electron chi connectivity index (χ0n) is 10.1. The van der Waals surface area contributed by atoms with Crippen molar-refractivity contribution in [3.8, 4) is 0 Å². The second-order valence-electron chi connectivity index (χ2n) is 5.34. The van der Waals surface area contributed by atoms with Gasteiger partial charge in [-0.05, 0) is 37.5 Å². The summed E-state index contributed by atoms with van der Waals surface area (Å²) in [5, 5.41) is 10.5. The molecule has 0 heterocycles. The maximum Gasteiger partial charge on any atom is 0.0673 e. The van der Waals surface area contributed by atoms with Crippen LogP contribution in [0.3, 0.4) is 0 Å². The Morgan fingerprint density at radius 2 is 2.00 bits per heavy atom. The quantitative estimate of drug-likeness (QED) is 0.682. The Morgan fingerprint density at radius 1 is 1.29 bits per heavy atom. The van der Waals surface area contributed by atoms with Crippen LogP contribution in [0.5, 0.6) is 0 Å². The van der Waals surface area contributed by atoms with E-state index in [1.54, 1.807) is 0 Å². The fourth-order valence-electron chi connectivity index (χ4n) is 2.74. The van der Waals surface area contributed by atoms with Gasteiger partial charge in [-0.1, -0.05) is 40.0 Å². The largest absolute Gasteiger partial charge is 0.390 e. The van der Waals surface area contributed by atoms with E-state index in [1.165, 1.54) is 32.1 Å². The van der Waals surface area contributed by atoms with Crippen molar-refractivity contribution in [2.75, 3.05) is 0 Å². The van der Waals surface area contributed by atoms with E-state index in [1.807, 2.05) is 0 Å². The Kier molecular flexibility index (Phi) is 4.43. The monoisotopic (exact) mass is 198 g/mol. The van der Waals surface area contributed by atoms with Crippen LogP contribution in [0.15, 0.2) is 0 Å². The first-order valence-electron chi connectivity index (χ1n) is 6.31. The fraction of sp³-hybridized carbons (Fsp3) is 1.00. The summed E-state index contributed by atoms with van der Waals surface area (Å²) in [5.74, 6) is 1.32. The molecule has 0 amide bonds. The average Bonchev–Trinajstić information content (AvgIpc) is 2.13. The Labute approximate surface area is 88.9 Å². The van der Waals surface area contributed by atoms with Crippen molar-refractivity contribution in [2.24, 2.45) is 11.8 Å². The number of hydrogen-bond donors (Lipinski definition) is 1. The molecule has 0 saturated heterocycles. The van der Waals surface area contributed by atoms with Gasteiger partial charge in [0.15, 0.2) is 0 Å². The van der Waals surface area contributed by atoms with Crippen LogP contribution in [0.2, 0.25) is 0 Å². The van der Waals surface area contributed by atoms with Gasteiger partial charge in [-0.25, -0.2) is 0 Å². The normalized spacial score (nSPS) is 38.6. The summed E-state index contributed by atoms with van der Waals surface area (Å²) in [6.45, 7) is 6.75. The highest BCUT2D eigenvalue weighted by atomic mass is 16.3.